The number of hydrogen-bond acceptors (Lipinski definition) is 3. The van der Waals surface area contributed by atoms with E-state index in [1.54, 1.807) is 6.33 Å². The van der Waals surface area contributed by atoms with Crippen LogP contribution in [0.5, 0.6) is 0 Å². The van der Waals surface area contributed by atoms with E-state index in [1.165, 1.54) is 25.7 Å². The fourth-order valence-electron chi connectivity index (χ4n) is 3.15. The van der Waals surface area contributed by atoms with Gasteiger partial charge in [-0.05, 0) is 37.2 Å². The Labute approximate surface area is 90.3 Å². The molecule has 0 spiro atoms. The van der Waals surface area contributed by atoms with Crippen LogP contribution in [-0.2, 0) is 6.54 Å². The zero-order chi connectivity index (χ0) is 10.1. The Balaban J connectivity index is 1.55. The predicted molar refractivity (Wildman–Crippen MR) is 58.1 cm³/mol. The quantitative estimate of drug-likeness (QED) is 0.813. The second kappa shape index (κ2) is 3.89. The Kier molecular flexibility index (Phi) is 2.41. The smallest absolute Gasteiger partial charge is 0.115 e. The molecule has 2 aliphatic carbocycles. The first-order valence-electron chi connectivity index (χ1n) is 5.90. The van der Waals surface area contributed by atoms with Gasteiger partial charge in [-0.2, -0.15) is 0 Å². The minimum atomic E-state index is 0.749. The van der Waals surface area contributed by atoms with E-state index in [0.29, 0.717) is 0 Å². The highest BCUT2D eigenvalue weighted by molar-refractivity contribution is 5.00. The van der Waals surface area contributed by atoms with Crippen LogP contribution < -0.4 is 5.32 Å². The summed E-state index contributed by atoms with van der Waals surface area (Å²) in [6, 6.07) is 2.74. The normalized spacial score (nSPS) is 33.5. The topological polar surface area (TPSA) is 37.8 Å². The first kappa shape index (κ1) is 9.28. The molecule has 1 aromatic heterocycles. The van der Waals surface area contributed by atoms with Gasteiger partial charge >= 0.3 is 0 Å². The zero-order valence-electron chi connectivity index (χ0n) is 8.89. The van der Waals surface area contributed by atoms with Crippen molar-refractivity contribution in [2.75, 3.05) is 0 Å². The lowest BCUT2D eigenvalue weighted by atomic mass is 9.95. The van der Waals surface area contributed by atoms with Crippen molar-refractivity contribution in [3.63, 3.8) is 0 Å². The lowest BCUT2D eigenvalue weighted by Crippen LogP contribution is -2.33. The maximum Gasteiger partial charge on any atom is 0.115 e. The molecule has 3 heteroatoms. The number of rotatable bonds is 3. The van der Waals surface area contributed by atoms with Gasteiger partial charge < -0.3 is 5.32 Å². The molecule has 3 nitrogen and oxygen atoms in total. The van der Waals surface area contributed by atoms with Crippen LogP contribution in [0.25, 0.3) is 0 Å². The molecule has 80 valence electrons. The third-order valence-corrected chi connectivity index (χ3v) is 3.93. The molecule has 1 N–H and O–H groups in total. The van der Waals surface area contributed by atoms with Crippen molar-refractivity contribution in [2.24, 2.45) is 11.8 Å². The van der Waals surface area contributed by atoms with Crippen LogP contribution in [0.15, 0.2) is 18.6 Å². The largest absolute Gasteiger partial charge is 0.308 e. The Morgan fingerprint density at radius 2 is 2.33 bits per heavy atom. The third-order valence-electron chi connectivity index (χ3n) is 3.93. The van der Waals surface area contributed by atoms with Gasteiger partial charge in [0.15, 0.2) is 0 Å². The summed E-state index contributed by atoms with van der Waals surface area (Å²) in [5, 5.41) is 3.64. The maximum atomic E-state index is 4.23. The molecular formula is C12H17N3. The summed E-state index contributed by atoms with van der Waals surface area (Å²) in [4.78, 5) is 8.15. The molecule has 0 aromatic carbocycles. The van der Waals surface area contributed by atoms with E-state index in [4.69, 9.17) is 0 Å². The Bertz CT molecular complexity index is 325. The lowest BCUT2D eigenvalue weighted by molar-refractivity contribution is 0.349. The average Bonchev–Trinajstić information content (AvgIpc) is 2.89. The molecule has 15 heavy (non-hydrogen) atoms. The highest BCUT2D eigenvalue weighted by Gasteiger charge is 2.38. The molecular weight excluding hydrogens is 186 g/mol. The van der Waals surface area contributed by atoms with E-state index in [2.05, 4.69) is 15.3 Å². The second-order valence-corrected chi connectivity index (χ2v) is 4.86. The molecule has 3 atom stereocenters. The van der Waals surface area contributed by atoms with Crippen LogP contribution in [0, 0.1) is 11.8 Å². The van der Waals surface area contributed by atoms with Gasteiger partial charge in [0, 0.05) is 18.8 Å². The molecule has 0 amide bonds. The summed E-state index contributed by atoms with van der Waals surface area (Å²) in [5.41, 5.74) is 1.10. The van der Waals surface area contributed by atoms with E-state index in [0.717, 1.165) is 30.1 Å². The number of aromatic nitrogens is 2. The molecule has 0 radical (unpaired) electrons. The predicted octanol–water partition coefficient (Wildman–Crippen LogP) is 1.75. The molecule has 0 aliphatic heterocycles. The van der Waals surface area contributed by atoms with Gasteiger partial charge in [-0.15, -0.1) is 0 Å². The summed E-state index contributed by atoms with van der Waals surface area (Å²) in [6.07, 6.45) is 9.18. The molecule has 0 saturated heterocycles. The van der Waals surface area contributed by atoms with Crippen molar-refractivity contribution in [1.82, 2.24) is 15.3 Å². The van der Waals surface area contributed by atoms with Crippen molar-refractivity contribution >= 4 is 0 Å². The number of fused-ring (bicyclic) bond motifs is 2. The van der Waals surface area contributed by atoms with Crippen LogP contribution in [0.3, 0.4) is 0 Å². The fourth-order valence-corrected chi connectivity index (χ4v) is 3.15. The summed E-state index contributed by atoms with van der Waals surface area (Å²) in [6.45, 7) is 0.899. The van der Waals surface area contributed by atoms with Crippen LogP contribution in [0.1, 0.15) is 31.4 Å². The van der Waals surface area contributed by atoms with Gasteiger partial charge in [0.1, 0.15) is 6.33 Å². The molecule has 3 unspecified atom stereocenters. The Morgan fingerprint density at radius 1 is 1.33 bits per heavy atom. The monoisotopic (exact) mass is 203 g/mol. The van der Waals surface area contributed by atoms with Crippen LogP contribution >= 0.6 is 0 Å². The van der Waals surface area contributed by atoms with Crippen molar-refractivity contribution in [2.45, 2.75) is 38.3 Å². The standard InChI is InChI=1S/C12H17N3/c1-2-10-5-9(1)6-12(10)14-7-11-3-4-13-8-15-11/h3-4,8-10,12,14H,1-2,5-7H2. The first-order valence-corrected chi connectivity index (χ1v) is 5.90. The summed E-state index contributed by atoms with van der Waals surface area (Å²) < 4.78 is 0. The number of nitrogens with zero attached hydrogens (tertiary/aromatic N) is 2. The number of hydrogen-bond donors (Lipinski definition) is 1. The van der Waals surface area contributed by atoms with Gasteiger partial charge in [-0.25, -0.2) is 9.97 Å². The van der Waals surface area contributed by atoms with Crippen molar-refractivity contribution < 1.29 is 0 Å². The van der Waals surface area contributed by atoms with E-state index >= 15 is 0 Å². The third kappa shape index (κ3) is 1.88. The zero-order valence-corrected chi connectivity index (χ0v) is 8.89. The van der Waals surface area contributed by atoms with Crippen molar-refractivity contribution in [3.8, 4) is 0 Å². The van der Waals surface area contributed by atoms with Gasteiger partial charge in [0.05, 0.1) is 5.69 Å². The Hall–Kier alpha value is -0.960. The lowest BCUT2D eigenvalue weighted by Gasteiger charge is -2.22. The van der Waals surface area contributed by atoms with Crippen LogP contribution in [-0.4, -0.2) is 16.0 Å². The molecule has 1 aromatic rings. The molecule has 2 fully saturated rings. The van der Waals surface area contributed by atoms with E-state index in [-0.39, 0.29) is 0 Å². The molecule has 2 aliphatic rings. The maximum absolute atomic E-state index is 4.23. The second-order valence-electron chi connectivity index (χ2n) is 4.86. The fraction of sp³-hybridized carbons (Fsp3) is 0.667. The van der Waals surface area contributed by atoms with Gasteiger partial charge in [0.2, 0.25) is 0 Å². The molecule has 1 heterocycles. The molecule has 3 rings (SSSR count). The Morgan fingerprint density at radius 3 is 3.00 bits per heavy atom. The highest BCUT2D eigenvalue weighted by Crippen LogP contribution is 2.44. The molecule has 2 bridgehead atoms. The van der Waals surface area contributed by atoms with E-state index in [1.807, 2.05) is 12.3 Å². The first-order chi connectivity index (χ1) is 7.42. The van der Waals surface area contributed by atoms with Crippen LogP contribution in [0.4, 0.5) is 0 Å². The van der Waals surface area contributed by atoms with Crippen molar-refractivity contribution in [3.05, 3.63) is 24.3 Å². The van der Waals surface area contributed by atoms with E-state index in [9.17, 15) is 0 Å². The average molecular weight is 203 g/mol. The van der Waals surface area contributed by atoms with Gasteiger partial charge in [0.25, 0.3) is 0 Å². The highest BCUT2D eigenvalue weighted by atomic mass is 15.0. The van der Waals surface area contributed by atoms with Gasteiger partial charge in [-0.1, -0.05) is 6.42 Å². The minimum absolute atomic E-state index is 0.749. The van der Waals surface area contributed by atoms with Crippen LogP contribution in [0.2, 0.25) is 0 Å². The minimum Gasteiger partial charge on any atom is -0.308 e. The molecule has 2 saturated carbocycles. The summed E-state index contributed by atoms with van der Waals surface area (Å²) >= 11 is 0. The number of nitrogens with one attached hydrogen (secondary N) is 1. The van der Waals surface area contributed by atoms with Crippen molar-refractivity contribution in [1.29, 1.82) is 0 Å². The summed E-state index contributed by atoms with van der Waals surface area (Å²) in [7, 11) is 0. The SMILES string of the molecule is c1cc(CNC2CC3CCC2C3)ncn1. The van der Waals surface area contributed by atoms with Gasteiger partial charge in [-0.3, -0.25) is 0 Å². The van der Waals surface area contributed by atoms with E-state index < -0.39 is 0 Å². The summed E-state index contributed by atoms with van der Waals surface area (Å²) in [5.74, 6) is 1.95.